The van der Waals surface area contributed by atoms with E-state index in [-0.39, 0.29) is 17.2 Å². The van der Waals surface area contributed by atoms with Crippen LogP contribution >= 0.6 is 0 Å². The van der Waals surface area contributed by atoms with Gasteiger partial charge in [0.15, 0.2) is 8.32 Å². The average molecular weight is 295 g/mol. The fraction of sp³-hybridized carbons (Fsp3) is 0.812. The predicted molar refractivity (Wildman–Crippen MR) is 85.0 cm³/mol. The molecule has 0 aliphatic carbocycles. The molecule has 0 aromatic heterocycles. The van der Waals surface area contributed by atoms with Gasteiger partial charge in [-0.2, -0.15) is 5.26 Å². The Morgan fingerprint density at radius 1 is 1.40 bits per heavy atom. The van der Waals surface area contributed by atoms with E-state index < -0.39 is 8.32 Å². The Balaban J connectivity index is 2.92. The van der Waals surface area contributed by atoms with Crippen molar-refractivity contribution in [3.05, 3.63) is 11.6 Å². The van der Waals surface area contributed by atoms with Crippen molar-refractivity contribution >= 4 is 8.32 Å². The van der Waals surface area contributed by atoms with Gasteiger partial charge < -0.3 is 9.16 Å². The van der Waals surface area contributed by atoms with Crippen LogP contribution in [0.4, 0.5) is 0 Å². The normalized spacial score (nSPS) is 29.1. The minimum atomic E-state index is -1.82. The summed E-state index contributed by atoms with van der Waals surface area (Å²) in [4.78, 5) is 0. The topological polar surface area (TPSA) is 42.2 Å². The Kier molecular flexibility index (Phi) is 5.59. The fourth-order valence-electron chi connectivity index (χ4n) is 2.24. The number of allylic oxidation sites excluding steroid dienone is 1. The van der Waals surface area contributed by atoms with E-state index in [0.29, 0.717) is 5.92 Å². The van der Waals surface area contributed by atoms with Gasteiger partial charge in [-0.05, 0) is 43.0 Å². The summed E-state index contributed by atoms with van der Waals surface area (Å²) in [6.45, 7) is 16.2. The van der Waals surface area contributed by atoms with Crippen LogP contribution in [0.5, 0.6) is 0 Å². The van der Waals surface area contributed by atoms with Crippen LogP contribution in [0.2, 0.25) is 18.1 Å². The lowest BCUT2D eigenvalue weighted by molar-refractivity contribution is -0.0705. The minimum absolute atomic E-state index is 0.0695. The molecule has 3 nitrogen and oxygen atoms in total. The van der Waals surface area contributed by atoms with Crippen molar-refractivity contribution in [1.29, 1.82) is 5.26 Å². The molecule has 0 aromatic rings. The average Bonchev–Trinajstić information content (AvgIpc) is 2.27. The van der Waals surface area contributed by atoms with Gasteiger partial charge in [-0.3, -0.25) is 0 Å². The summed E-state index contributed by atoms with van der Waals surface area (Å²) >= 11 is 0. The molecule has 0 spiro atoms. The molecule has 1 fully saturated rings. The zero-order chi connectivity index (χ0) is 15.6. The van der Waals surface area contributed by atoms with Gasteiger partial charge in [0.25, 0.3) is 0 Å². The van der Waals surface area contributed by atoms with E-state index in [1.54, 1.807) is 6.08 Å². The molecular formula is C16H29NO2Si. The zero-order valence-electron chi connectivity index (χ0n) is 14.0. The maximum Gasteiger partial charge on any atom is 0.192 e. The molecule has 1 rings (SSSR count). The Morgan fingerprint density at radius 3 is 2.50 bits per heavy atom. The number of nitriles is 1. The lowest BCUT2D eigenvalue weighted by Crippen LogP contribution is -2.50. The maximum absolute atomic E-state index is 8.85. The highest BCUT2D eigenvalue weighted by atomic mass is 28.4. The van der Waals surface area contributed by atoms with E-state index >= 15 is 0 Å². The predicted octanol–water partition coefficient (Wildman–Crippen LogP) is 4.27. The van der Waals surface area contributed by atoms with Crippen LogP contribution in [0.1, 0.15) is 41.0 Å². The first-order valence-corrected chi connectivity index (χ1v) is 10.3. The lowest BCUT2D eigenvalue weighted by Gasteiger charge is -2.44. The van der Waals surface area contributed by atoms with Crippen molar-refractivity contribution in [2.45, 2.75) is 71.4 Å². The van der Waals surface area contributed by atoms with Gasteiger partial charge >= 0.3 is 0 Å². The van der Waals surface area contributed by atoms with E-state index in [1.165, 1.54) is 0 Å². The first-order valence-electron chi connectivity index (χ1n) is 7.44. The summed E-state index contributed by atoms with van der Waals surface area (Å²) in [7, 11) is -1.82. The van der Waals surface area contributed by atoms with Crippen LogP contribution in [0.15, 0.2) is 11.6 Å². The molecule has 1 heterocycles. The summed E-state index contributed by atoms with van der Waals surface area (Å²) in [6.07, 6.45) is 2.60. The van der Waals surface area contributed by atoms with Gasteiger partial charge in [-0.15, -0.1) is 0 Å². The van der Waals surface area contributed by atoms with Crippen LogP contribution in [-0.2, 0) is 9.16 Å². The molecule has 1 saturated heterocycles. The van der Waals surface area contributed by atoms with Gasteiger partial charge in [0.1, 0.15) is 6.10 Å². The highest BCUT2D eigenvalue weighted by Gasteiger charge is 2.42. The van der Waals surface area contributed by atoms with Crippen LogP contribution < -0.4 is 0 Å². The number of rotatable bonds is 3. The first-order chi connectivity index (χ1) is 9.08. The van der Waals surface area contributed by atoms with Crippen molar-refractivity contribution < 1.29 is 9.16 Å². The van der Waals surface area contributed by atoms with Gasteiger partial charge in [0.2, 0.25) is 0 Å². The number of hydrogen-bond acceptors (Lipinski definition) is 3. The van der Waals surface area contributed by atoms with Crippen LogP contribution in [0.25, 0.3) is 0 Å². The highest BCUT2D eigenvalue weighted by molar-refractivity contribution is 6.74. The maximum atomic E-state index is 8.85. The molecule has 0 aromatic carbocycles. The van der Waals surface area contributed by atoms with Gasteiger partial charge in [-0.1, -0.05) is 27.7 Å². The monoisotopic (exact) mass is 295 g/mol. The molecule has 0 radical (unpaired) electrons. The van der Waals surface area contributed by atoms with E-state index in [4.69, 9.17) is 14.4 Å². The molecule has 0 unspecified atom stereocenters. The quantitative estimate of drug-likeness (QED) is 0.577. The molecule has 0 bridgehead atoms. The smallest absolute Gasteiger partial charge is 0.192 e. The van der Waals surface area contributed by atoms with Crippen molar-refractivity contribution in [1.82, 2.24) is 0 Å². The van der Waals surface area contributed by atoms with Crippen molar-refractivity contribution in [3.8, 4) is 6.07 Å². The second-order valence-corrected chi connectivity index (χ2v) is 12.3. The summed E-state index contributed by atoms with van der Waals surface area (Å²) in [6, 6.07) is 2.10. The molecule has 20 heavy (non-hydrogen) atoms. The number of ether oxygens (including phenoxy) is 1. The lowest BCUT2D eigenvalue weighted by atomic mass is 9.93. The molecule has 1 aliphatic rings. The SMILES string of the molecule is CC(=CC#N)[C@@H]1OC[C@@H](C)C[C@H]1O[Si](C)(C)C(C)(C)C. The Morgan fingerprint density at radius 2 is 2.00 bits per heavy atom. The Labute approximate surface area is 125 Å². The molecule has 0 amide bonds. The second-order valence-electron chi connectivity index (χ2n) is 7.53. The van der Waals surface area contributed by atoms with Gasteiger partial charge in [-0.25, -0.2) is 0 Å². The standard InChI is InChI=1S/C16H29NO2Si/c1-12-10-14(19-20(6,7)16(3,4)5)15(18-11-12)13(2)8-9-17/h8,12,14-15H,10-11H2,1-7H3/t12-,14+,15-/m0/s1. The summed E-state index contributed by atoms with van der Waals surface area (Å²) in [5.74, 6) is 0.510. The molecule has 3 atom stereocenters. The first kappa shape index (κ1) is 17.4. The molecule has 1 aliphatic heterocycles. The van der Waals surface area contributed by atoms with Crippen LogP contribution in [0, 0.1) is 17.2 Å². The van der Waals surface area contributed by atoms with Gasteiger partial charge in [0, 0.05) is 6.08 Å². The fourth-order valence-corrected chi connectivity index (χ4v) is 3.57. The summed E-state index contributed by atoms with van der Waals surface area (Å²) < 4.78 is 12.5. The number of hydrogen-bond donors (Lipinski definition) is 0. The van der Waals surface area contributed by atoms with Crippen molar-refractivity contribution in [2.75, 3.05) is 6.61 Å². The van der Waals surface area contributed by atoms with E-state index in [2.05, 4.69) is 46.9 Å². The summed E-state index contributed by atoms with van der Waals surface area (Å²) in [5.41, 5.74) is 0.975. The number of nitrogens with zero attached hydrogens (tertiary/aromatic N) is 1. The van der Waals surface area contributed by atoms with E-state index in [0.717, 1.165) is 18.6 Å². The molecule has 0 N–H and O–H groups in total. The Bertz CT molecular complexity index is 404. The zero-order valence-corrected chi connectivity index (χ0v) is 15.0. The van der Waals surface area contributed by atoms with E-state index in [9.17, 15) is 0 Å². The largest absolute Gasteiger partial charge is 0.411 e. The third kappa shape index (κ3) is 4.18. The van der Waals surface area contributed by atoms with Gasteiger partial charge in [0.05, 0.1) is 18.8 Å². The highest BCUT2D eigenvalue weighted by Crippen LogP contribution is 2.40. The second kappa shape index (κ2) is 6.42. The van der Waals surface area contributed by atoms with Crippen molar-refractivity contribution in [2.24, 2.45) is 5.92 Å². The Hall–Kier alpha value is -0.633. The van der Waals surface area contributed by atoms with E-state index in [1.807, 2.05) is 6.92 Å². The molecule has 114 valence electrons. The van der Waals surface area contributed by atoms with Crippen molar-refractivity contribution in [3.63, 3.8) is 0 Å². The minimum Gasteiger partial charge on any atom is -0.411 e. The van der Waals surface area contributed by atoms with Crippen LogP contribution in [0.3, 0.4) is 0 Å². The summed E-state index contributed by atoms with van der Waals surface area (Å²) in [5, 5.41) is 9.04. The third-order valence-corrected chi connectivity index (χ3v) is 9.03. The molecule has 4 heteroatoms. The molecular weight excluding hydrogens is 266 g/mol. The van der Waals surface area contributed by atoms with Crippen LogP contribution in [-0.4, -0.2) is 27.1 Å². The third-order valence-electron chi connectivity index (χ3n) is 4.53. The molecule has 0 saturated carbocycles.